The van der Waals surface area contributed by atoms with Gasteiger partial charge in [0.2, 0.25) is 0 Å². The van der Waals surface area contributed by atoms with Gasteiger partial charge in [-0.05, 0) is 47.4 Å². The number of hydrazine groups is 1. The Kier molecular flexibility index (Phi) is 9.55. The van der Waals surface area contributed by atoms with Gasteiger partial charge < -0.3 is 4.90 Å². The van der Waals surface area contributed by atoms with E-state index in [1.54, 1.807) is 12.1 Å². The lowest BCUT2D eigenvalue weighted by Gasteiger charge is -2.46. The first-order chi connectivity index (χ1) is 18.0. The Bertz CT molecular complexity index is 1200. The van der Waals surface area contributed by atoms with E-state index in [-0.39, 0.29) is 28.6 Å². The van der Waals surface area contributed by atoms with Crippen molar-refractivity contribution in [2.75, 3.05) is 18.8 Å². The number of carbonyl (C=O) groups is 1. The van der Waals surface area contributed by atoms with Crippen molar-refractivity contribution in [2.24, 2.45) is 5.84 Å². The molecule has 4 rings (SSSR count). The Morgan fingerprint density at radius 1 is 1.00 bits per heavy atom. The number of non-ortho nitro benzene ring substituents is 1. The number of nitro groups is 1. The number of hydrogen-bond acceptors (Lipinski definition) is 6. The molecular formula is C29H36N4O3S. The average Bonchev–Trinajstić information content (AvgIpc) is 2.92. The van der Waals surface area contributed by atoms with Crippen molar-refractivity contribution in [3.05, 3.63) is 88.0 Å². The minimum atomic E-state index is -0.373. The summed E-state index contributed by atoms with van der Waals surface area (Å²) in [4.78, 5) is 26.5. The van der Waals surface area contributed by atoms with Gasteiger partial charge in [0.1, 0.15) is 0 Å². The molecule has 196 valence electrons. The predicted octanol–water partition coefficient (Wildman–Crippen LogP) is 6.02. The van der Waals surface area contributed by atoms with E-state index in [0.29, 0.717) is 13.1 Å². The highest BCUT2D eigenvalue weighted by Crippen LogP contribution is 2.28. The van der Waals surface area contributed by atoms with Gasteiger partial charge in [0.25, 0.3) is 11.6 Å². The summed E-state index contributed by atoms with van der Waals surface area (Å²) in [7, 11) is 0. The van der Waals surface area contributed by atoms with E-state index < -0.39 is 0 Å². The van der Waals surface area contributed by atoms with Crippen LogP contribution in [-0.4, -0.2) is 51.7 Å². The van der Waals surface area contributed by atoms with Crippen LogP contribution in [0.25, 0.3) is 10.8 Å². The third kappa shape index (κ3) is 6.69. The van der Waals surface area contributed by atoms with Gasteiger partial charge >= 0.3 is 0 Å². The Morgan fingerprint density at radius 3 is 2.49 bits per heavy atom. The molecule has 2 atom stereocenters. The van der Waals surface area contributed by atoms with E-state index in [4.69, 9.17) is 5.84 Å². The highest BCUT2D eigenvalue weighted by atomic mass is 32.2. The van der Waals surface area contributed by atoms with E-state index in [9.17, 15) is 14.9 Å². The second-order valence-electron chi connectivity index (χ2n) is 9.66. The molecule has 0 spiro atoms. The number of amides is 1. The first-order valence-electron chi connectivity index (χ1n) is 13.1. The molecule has 1 fully saturated rings. The summed E-state index contributed by atoms with van der Waals surface area (Å²) in [5.74, 6) is 8.34. The molecule has 1 aliphatic rings. The molecular weight excluding hydrogens is 484 g/mol. The molecule has 1 aliphatic heterocycles. The van der Waals surface area contributed by atoms with Crippen LogP contribution in [0.4, 0.5) is 5.69 Å². The van der Waals surface area contributed by atoms with Gasteiger partial charge in [-0.15, -0.1) is 0 Å². The van der Waals surface area contributed by atoms with Crippen LogP contribution in [0.3, 0.4) is 0 Å². The molecule has 0 unspecified atom stereocenters. The summed E-state index contributed by atoms with van der Waals surface area (Å²) < 4.78 is 0. The molecule has 1 saturated heterocycles. The fraction of sp³-hybridized carbons (Fsp3) is 0.414. The maximum atomic E-state index is 13.9. The Hall–Kier alpha value is -2.94. The van der Waals surface area contributed by atoms with E-state index in [2.05, 4.69) is 11.8 Å². The summed E-state index contributed by atoms with van der Waals surface area (Å²) in [6, 6.07) is 21.0. The molecule has 0 radical (unpaired) electrons. The van der Waals surface area contributed by atoms with Crippen LogP contribution in [0.15, 0.2) is 66.7 Å². The molecule has 0 aromatic heterocycles. The number of fused-ring (bicyclic) bond motifs is 1. The highest BCUT2D eigenvalue weighted by Gasteiger charge is 2.37. The standard InChI is InChI=1S/C29H36N4O3S/c1-2-3-12-28-27(13-7-20-37-21-22-14-16-24(17-15-22)33(35)36)31(18-19-32(28)30)29(34)26-11-6-9-23-8-4-5-10-25(23)26/h4-6,8-11,14-17,27-28H,2-3,7,12-13,18-21,30H2,1H3/t27-,28+/m1/s1. The molecule has 8 heteroatoms. The smallest absolute Gasteiger partial charge is 0.269 e. The van der Waals surface area contributed by atoms with Gasteiger partial charge in [0.15, 0.2) is 0 Å². The van der Waals surface area contributed by atoms with Gasteiger partial charge in [-0.2, -0.15) is 11.8 Å². The van der Waals surface area contributed by atoms with Gasteiger partial charge in [0, 0.05) is 48.6 Å². The maximum Gasteiger partial charge on any atom is 0.269 e. The molecule has 2 N–H and O–H groups in total. The summed E-state index contributed by atoms with van der Waals surface area (Å²) in [5, 5.41) is 14.9. The van der Waals surface area contributed by atoms with Crippen LogP contribution >= 0.6 is 11.8 Å². The lowest BCUT2D eigenvalue weighted by atomic mass is 9.92. The number of benzene rings is 3. The van der Waals surface area contributed by atoms with Crippen LogP contribution in [0, 0.1) is 10.1 Å². The van der Waals surface area contributed by atoms with E-state index in [1.165, 1.54) is 0 Å². The fourth-order valence-corrected chi connectivity index (χ4v) is 6.16. The summed E-state index contributed by atoms with van der Waals surface area (Å²) >= 11 is 1.82. The maximum absolute atomic E-state index is 13.9. The first-order valence-corrected chi connectivity index (χ1v) is 14.3. The zero-order valence-electron chi connectivity index (χ0n) is 21.4. The third-order valence-electron chi connectivity index (χ3n) is 7.21. The van der Waals surface area contributed by atoms with Gasteiger partial charge in [-0.1, -0.05) is 68.3 Å². The number of nitrogens with two attached hydrogens (primary N) is 1. The minimum Gasteiger partial charge on any atom is -0.333 e. The lowest BCUT2D eigenvalue weighted by molar-refractivity contribution is -0.384. The topological polar surface area (TPSA) is 92.7 Å². The number of thioether (sulfide) groups is 1. The van der Waals surface area contributed by atoms with Crippen molar-refractivity contribution in [3.63, 3.8) is 0 Å². The van der Waals surface area contributed by atoms with Crippen LogP contribution in [0.5, 0.6) is 0 Å². The largest absolute Gasteiger partial charge is 0.333 e. The van der Waals surface area contributed by atoms with Gasteiger partial charge in [0.05, 0.1) is 4.92 Å². The van der Waals surface area contributed by atoms with Crippen molar-refractivity contribution >= 4 is 34.1 Å². The minimum absolute atomic E-state index is 0.0664. The van der Waals surface area contributed by atoms with E-state index in [0.717, 1.165) is 65.5 Å². The number of unbranched alkanes of at least 4 members (excludes halogenated alkanes) is 1. The lowest BCUT2D eigenvalue weighted by Crippen LogP contribution is -2.63. The van der Waals surface area contributed by atoms with Crippen LogP contribution in [0.2, 0.25) is 0 Å². The first kappa shape index (κ1) is 27.1. The average molecular weight is 521 g/mol. The van der Waals surface area contributed by atoms with Gasteiger partial charge in [-0.25, -0.2) is 5.01 Å². The van der Waals surface area contributed by atoms with Crippen LogP contribution in [-0.2, 0) is 5.75 Å². The summed E-state index contributed by atoms with van der Waals surface area (Å²) in [6.07, 6.45) is 5.02. The second kappa shape index (κ2) is 13.0. The second-order valence-corrected chi connectivity index (χ2v) is 10.8. The van der Waals surface area contributed by atoms with Crippen LogP contribution in [0.1, 0.15) is 54.9 Å². The summed E-state index contributed by atoms with van der Waals surface area (Å²) in [5.41, 5.74) is 1.96. The zero-order chi connectivity index (χ0) is 26.2. The molecule has 3 aromatic rings. The van der Waals surface area contributed by atoms with Crippen molar-refractivity contribution in [1.29, 1.82) is 0 Å². The predicted molar refractivity (Wildman–Crippen MR) is 151 cm³/mol. The van der Waals surface area contributed by atoms with Crippen molar-refractivity contribution in [1.82, 2.24) is 9.91 Å². The molecule has 37 heavy (non-hydrogen) atoms. The van der Waals surface area contributed by atoms with Crippen molar-refractivity contribution < 1.29 is 9.72 Å². The Balaban J connectivity index is 1.44. The number of carbonyl (C=O) groups excluding carboxylic acids is 1. The molecule has 3 aromatic carbocycles. The fourth-order valence-electron chi connectivity index (χ4n) is 5.22. The normalized spacial score (nSPS) is 18.3. The van der Waals surface area contributed by atoms with E-state index in [1.807, 2.05) is 71.4 Å². The van der Waals surface area contributed by atoms with Crippen molar-refractivity contribution in [3.8, 4) is 0 Å². The van der Waals surface area contributed by atoms with E-state index >= 15 is 0 Å². The molecule has 0 aliphatic carbocycles. The zero-order valence-corrected chi connectivity index (χ0v) is 22.2. The molecule has 0 bridgehead atoms. The molecule has 7 nitrogen and oxygen atoms in total. The highest BCUT2D eigenvalue weighted by molar-refractivity contribution is 7.98. The number of nitrogens with zero attached hydrogens (tertiary/aromatic N) is 3. The number of rotatable bonds is 11. The van der Waals surface area contributed by atoms with Crippen LogP contribution < -0.4 is 5.84 Å². The monoisotopic (exact) mass is 520 g/mol. The SMILES string of the molecule is CCCC[C@H]1[C@@H](CCCSCc2ccc([N+](=O)[O-])cc2)N(C(=O)c2cccc3ccccc23)CCN1N. The van der Waals surface area contributed by atoms with Gasteiger partial charge in [-0.3, -0.25) is 20.8 Å². The number of hydrogen-bond donors (Lipinski definition) is 1. The molecule has 1 amide bonds. The Labute approximate surface area is 223 Å². The number of nitro benzene ring substituents is 1. The number of piperazine rings is 1. The van der Waals surface area contributed by atoms with Crippen molar-refractivity contribution in [2.45, 2.75) is 56.9 Å². The molecule has 0 saturated carbocycles. The molecule has 1 heterocycles. The third-order valence-corrected chi connectivity index (χ3v) is 8.32. The summed E-state index contributed by atoms with van der Waals surface area (Å²) in [6.45, 7) is 3.49. The quantitative estimate of drug-likeness (QED) is 0.144. The Morgan fingerprint density at radius 2 is 1.73 bits per heavy atom.